The van der Waals surface area contributed by atoms with Crippen molar-refractivity contribution in [2.24, 2.45) is 0 Å². The lowest BCUT2D eigenvalue weighted by Gasteiger charge is -2.31. The molecule has 3 fully saturated rings. The third-order valence-electron chi connectivity index (χ3n) is 8.36. The summed E-state index contributed by atoms with van der Waals surface area (Å²) in [5.41, 5.74) is 6.04. The third kappa shape index (κ3) is 5.97. The van der Waals surface area contributed by atoms with E-state index in [0.717, 1.165) is 70.6 Å². The van der Waals surface area contributed by atoms with Crippen molar-refractivity contribution in [3.63, 3.8) is 0 Å². The highest BCUT2D eigenvalue weighted by Crippen LogP contribution is 2.48. The molecule has 1 aliphatic heterocycles. The van der Waals surface area contributed by atoms with Gasteiger partial charge in [0.25, 0.3) is 0 Å². The predicted octanol–water partition coefficient (Wildman–Crippen LogP) is 7.12. The summed E-state index contributed by atoms with van der Waals surface area (Å²) in [6, 6.07) is 12.4. The van der Waals surface area contributed by atoms with Crippen molar-refractivity contribution in [2.45, 2.75) is 37.5 Å². The number of hydrogen-bond acceptors (Lipinski definition) is 9. The van der Waals surface area contributed by atoms with E-state index in [2.05, 4.69) is 60.7 Å². The zero-order chi connectivity index (χ0) is 29.7. The largest absolute Gasteiger partial charge is 0.495 e. The highest BCUT2D eigenvalue weighted by atomic mass is 79.9. The Bertz CT molecular complexity index is 1750. The number of ether oxygens (including phenoxy) is 2. The van der Waals surface area contributed by atoms with E-state index in [-0.39, 0.29) is 0 Å². The average Bonchev–Trinajstić information content (AvgIpc) is 3.92. The Kier molecular flexibility index (Phi) is 7.56. The maximum absolute atomic E-state index is 13.6. The number of halogens is 1. The first-order valence-corrected chi connectivity index (χ1v) is 18.3. The van der Waals surface area contributed by atoms with Crippen LogP contribution in [-0.4, -0.2) is 61.7 Å². The smallest absolute Gasteiger partial charge is 0.229 e. The van der Waals surface area contributed by atoms with Crippen molar-refractivity contribution in [3.8, 4) is 5.75 Å². The van der Waals surface area contributed by atoms with E-state index in [1.54, 1.807) is 26.6 Å². The summed E-state index contributed by atoms with van der Waals surface area (Å²) < 4.78 is 25.7. The van der Waals surface area contributed by atoms with Crippen LogP contribution in [0.25, 0.3) is 10.9 Å². The van der Waals surface area contributed by atoms with E-state index >= 15 is 0 Å². The number of morpholine rings is 1. The molecule has 224 valence electrons. The van der Waals surface area contributed by atoms with Crippen LogP contribution < -0.4 is 25.6 Å². The minimum Gasteiger partial charge on any atom is -0.495 e. The Morgan fingerprint density at radius 3 is 2.44 bits per heavy atom. The Labute approximate surface area is 260 Å². The van der Waals surface area contributed by atoms with Gasteiger partial charge in [-0.2, -0.15) is 4.98 Å². The number of nitrogens with zero attached hydrogens (tertiary/aromatic N) is 4. The number of methoxy groups -OCH3 is 1. The number of fused-ring (bicyclic) bond motifs is 1. The highest BCUT2D eigenvalue weighted by molar-refractivity contribution is 9.10. The van der Waals surface area contributed by atoms with Gasteiger partial charge in [0.15, 0.2) is 0 Å². The fourth-order valence-corrected chi connectivity index (χ4v) is 7.66. The first kappa shape index (κ1) is 28.6. The molecule has 2 N–H and O–H groups in total. The minimum atomic E-state index is -2.68. The molecule has 11 heteroatoms. The van der Waals surface area contributed by atoms with Gasteiger partial charge in [0.05, 0.1) is 41.7 Å². The van der Waals surface area contributed by atoms with Gasteiger partial charge >= 0.3 is 0 Å². The van der Waals surface area contributed by atoms with Gasteiger partial charge in [-0.1, -0.05) is 6.07 Å². The molecule has 2 saturated carbocycles. The van der Waals surface area contributed by atoms with Gasteiger partial charge in [-0.25, -0.2) is 4.98 Å². The fourth-order valence-electron chi connectivity index (χ4n) is 5.89. The van der Waals surface area contributed by atoms with Gasteiger partial charge in [-0.15, -0.1) is 0 Å². The summed E-state index contributed by atoms with van der Waals surface area (Å²) >= 11 is 3.62. The number of anilines is 5. The number of aromatic nitrogens is 3. The van der Waals surface area contributed by atoms with Crippen LogP contribution in [0.4, 0.5) is 28.8 Å². The molecular formula is C32H36BrN6O3P. The number of nitrogens with one attached hydrogen (secondary N) is 2. The average molecular weight is 664 g/mol. The molecule has 0 amide bonds. The van der Waals surface area contributed by atoms with Crippen molar-refractivity contribution in [3.05, 3.63) is 58.3 Å². The van der Waals surface area contributed by atoms with Gasteiger partial charge < -0.3 is 29.6 Å². The van der Waals surface area contributed by atoms with E-state index < -0.39 is 7.14 Å². The molecule has 43 heavy (non-hydrogen) atoms. The molecule has 3 aliphatic rings. The van der Waals surface area contributed by atoms with Crippen molar-refractivity contribution in [1.29, 1.82) is 0 Å². The van der Waals surface area contributed by atoms with E-state index in [1.807, 2.05) is 12.1 Å². The highest BCUT2D eigenvalue weighted by Gasteiger charge is 2.30. The molecule has 0 spiro atoms. The van der Waals surface area contributed by atoms with Crippen LogP contribution in [0.2, 0.25) is 0 Å². The first-order valence-electron chi connectivity index (χ1n) is 14.9. The van der Waals surface area contributed by atoms with E-state index in [9.17, 15) is 4.57 Å². The second-order valence-corrected chi connectivity index (χ2v) is 16.0. The van der Waals surface area contributed by atoms with E-state index in [4.69, 9.17) is 19.4 Å². The molecule has 7 rings (SSSR count). The molecule has 0 unspecified atom stereocenters. The minimum absolute atomic E-state index is 0.461. The SMILES string of the molecule is COc1cc(Nc2ncc(Br)c(Nc3ccc4nc(C5CC5)ccc4c3P(C)(C)=O)n2)c(C2CC2)cc1N1CCOCC1. The number of rotatable bonds is 9. The normalized spacial score (nSPS) is 17.3. The van der Waals surface area contributed by atoms with Gasteiger partial charge in [0.2, 0.25) is 5.95 Å². The van der Waals surface area contributed by atoms with Gasteiger partial charge in [0, 0.05) is 53.3 Å². The Morgan fingerprint density at radius 1 is 0.977 bits per heavy atom. The van der Waals surface area contributed by atoms with Crippen molar-refractivity contribution >= 4 is 68.1 Å². The molecule has 9 nitrogen and oxygen atoms in total. The molecule has 2 aromatic carbocycles. The standard InChI is InChI=1S/C32H36BrN6O3P/c1-41-29-17-27(22(19-4-5-19)16-28(29)39-12-14-42-15-13-39)37-32-34-18-23(33)31(38-32)36-26-11-10-25-21(30(26)43(2,3)40)8-9-24(35-25)20-6-7-20/h8-11,16-20H,4-7,12-15H2,1-3H3,(H2,34,36,37,38). The summed E-state index contributed by atoms with van der Waals surface area (Å²) in [6.07, 6.45) is 6.43. The van der Waals surface area contributed by atoms with Crippen LogP contribution in [0.1, 0.15) is 48.8 Å². The van der Waals surface area contributed by atoms with Crippen LogP contribution in [0.15, 0.2) is 47.1 Å². The van der Waals surface area contributed by atoms with Crippen LogP contribution in [0.3, 0.4) is 0 Å². The van der Waals surface area contributed by atoms with Gasteiger partial charge in [-0.05, 0) is 90.7 Å². The molecule has 0 atom stereocenters. The zero-order valence-electron chi connectivity index (χ0n) is 24.7. The molecule has 0 radical (unpaired) electrons. The maximum Gasteiger partial charge on any atom is 0.229 e. The topological polar surface area (TPSA) is 102 Å². The number of benzene rings is 2. The third-order valence-corrected chi connectivity index (χ3v) is 10.5. The molecule has 2 aliphatic carbocycles. The first-order chi connectivity index (χ1) is 20.8. The summed E-state index contributed by atoms with van der Waals surface area (Å²) in [4.78, 5) is 16.7. The van der Waals surface area contributed by atoms with Gasteiger partial charge in [-0.3, -0.25) is 4.98 Å². The van der Waals surface area contributed by atoms with Crippen molar-refractivity contribution < 1.29 is 14.0 Å². The summed E-state index contributed by atoms with van der Waals surface area (Å²) in [7, 11) is -0.972. The lowest BCUT2D eigenvalue weighted by Crippen LogP contribution is -2.36. The summed E-state index contributed by atoms with van der Waals surface area (Å²) in [5.74, 6) is 2.91. The molecule has 1 saturated heterocycles. The lowest BCUT2D eigenvalue weighted by atomic mass is 10.1. The summed E-state index contributed by atoms with van der Waals surface area (Å²) in [5, 5.41) is 8.62. The quantitative estimate of drug-likeness (QED) is 0.181. The molecule has 3 heterocycles. The maximum atomic E-state index is 13.6. The monoisotopic (exact) mass is 662 g/mol. The molecule has 0 bridgehead atoms. The lowest BCUT2D eigenvalue weighted by molar-refractivity contribution is 0.122. The van der Waals surface area contributed by atoms with Crippen LogP contribution >= 0.6 is 23.1 Å². The van der Waals surface area contributed by atoms with E-state index in [0.29, 0.717) is 41.3 Å². The fraction of sp³-hybridized carbons (Fsp3) is 0.406. The predicted molar refractivity (Wildman–Crippen MR) is 177 cm³/mol. The zero-order valence-corrected chi connectivity index (χ0v) is 27.2. The molecular weight excluding hydrogens is 627 g/mol. The van der Waals surface area contributed by atoms with Crippen LogP contribution in [0.5, 0.6) is 5.75 Å². The Morgan fingerprint density at radius 2 is 1.74 bits per heavy atom. The van der Waals surface area contributed by atoms with Crippen LogP contribution in [-0.2, 0) is 9.30 Å². The second-order valence-electron chi connectivity index (χ2n) is 12.0. The van der Waals surface area contributed by atoms with Crippen molar-refractivity contribution in [2.75, 3.05) is 62.3 Å². The summed E-state index contributed by atoms with van der Waals surface area (Å²) in [6.45, 7) is 6.72. The van der Waals surface area contributed by atoms with Crippen LogP contribution in [0, 0.1) is 0 Å². The molecule has 2 aromatic heterocycles. The second kappa shape index (κ2) is 11.4. The van der Waals surface area contributed by atoms with Gasteiger partial charge in [0.1, 0.15) is 18.7 Å². The Balaban J connectivity index is 1.22. The number of hydrogen-bond donors (Lipinski definition) is 2. The van der Waals surface area contributed by atoms with E-state index in [1.165, 1.54) is 18.4 Å². The Hall–Kier alpha value is -3.20. The number of pyridine rings is 1. The molecule has 4 aromatic rings. The van der Waals surface area contributed by atoms with Crippen molar-refractivity contribution in [1.82, 2.24) is 15.0 Å².